The summed E-state index contributed by atoms with van der Waals surface area (Å²) in [7, 11) is 0. The Morgan fingerprint density at radius 1 is 1.75 bits per heavy atom. The molecule has 2 N–H and O–H groups in total. The molecule has 0 aromatic heterocycles. The molecule has 0 aromatic carbocycles. The van der Waals surface area contributed by atoms with Crippen molar-refractivity contribution in [3.8, 4) is 0 Å². The van der Waals surface area contributed by atoms with Crippen molar-refractivity contribution in [3.63, 3.8) is 0 Å². The van der Waals surface area contributed by atoms with Gasteiger partial charge in [0.25, 0.3) is 0 Å². The van der Waals surface area contributed by atoms with Crippen LogP contribution in [-0.2, 0) is 9.59 Å². The number of amides is 1. The minimum atomic E-state index is -0.726. The van der Waals surface area contributed by atoms with Crippen LogP contribution in [0.4, 0.5) is 0 Å². The van der Waals surface area contributed by atoms with Gasteiger partial charge in [-0.25, -0.2) is 0 Å². The fraction of sp³-hybridized carbons (Fsp3) is 0.750. The van der Waals surface area contributed by atoms with Crippen LogP contribution in [0.1, 0.15) is 19.8 Å². The highest BCUT2D eigenvalue weighted by Crippen LogP contribution is 2.26. The number of nitrogens with two attached hydrogens (primary N) is 1. The molecule has 12 heavy (non-hydrogen) atoms. The number of rotatable bonds is 2. The molecule has 1 fully saturated rings. The highest BCUT2D eigenvalue weighted by Gasteiger charge is 2.39. The highest BCUT2D eigenvalue weighted by atomic mass is 16.2. The number of carbonyl (C=O) groups is 1. The number of hydrogen-bond donors (Lipinski definition) is 1. The molecule has 0 aromatic rings. The zero-order valence-corrected chi connectivity index (χ0v) is 7.17. The van der Waals surface area contributed by atoms with Crippen molar-refractivity contribution in [1.82, 2.24) is 4.90 Å². The quantitative estimate of drug-likeness (QED) is 0.602. The minimum Gasteiger partial charge on any atom is -0.329 e. The third-order valence-corrected chi connectivity index (χ3v) is 2.34. The summed E-state index contributed by atoms with van der Waals surface area (Å²) in [5, 5.41) is 0. The zero-order valence-electron chi connectivity index (χ0n) is 7.17. The van der Waals surface area contributed by atoms with E-state index in [1.165, 1.54) is 4.90 Å². The maximum atomic E-state index is 11.2. The fourth-order valence-electron chi connectivity index (χ4n) is 1.58. The molecule has 1 radical (unpaired) electrons. The summed E-state index contributed by atoms with van der Waals surface area (Å²) in [5.41, 5.74) is 4.48. The second kappa shape index (κ2) is 3.23. The van der Waals surface area contributed by atoms with Crippen molar-refractivity contribution in [2.45, 2.75) is 25.3 Å². The number of carbonyl (C=O) groups excluding carboxylic acids is 2. The fourth-order valence-corrected chi connectivity index (χ4v) is 1.58. The molecule has 0 spiro atoms. The van der Waals surface area contributed by atoms with Gasteiger partial charge in [-0.15, -0.1) is 0 Å². The zero-order chi connectivity index (χ0) is 9.19. The van der Waals surface area contributed by atoms with E-state index < -0.39 is 5.54 Å². The monoisotopic (exact) mass is 169 g/mol. The molecular formula is C8H13N2O2. The van der Waals surface area contributed by atoms with Crippen molar-refractivity contribution >= 4 is 12.2 Å². The Kier molecular flexibility index (Phi) is 2.47. The maximum absolute atomic E-state index is 11.2. The largest absolute Gasteiger partial charge is 0.329 e. The standard InChI is InChI=1S/C8H13N2O2/c1-8(6-11)3-2-4-10(8)7(12)5-9/h2-5,9H2,1H3/t8-/m0/s1. The first-order valence-electron chi connectivity index (χ1n) is 4.04. The van der Waals surface area contributed by atoms with E-state index in [9.17, 15) is 9.59 Å². The Balaban J connectivity index is 2.76. The molecule has 1 atom stereocenters. The molecule has 1 aliphatic rings. The van der Waals surface area contributed by atoms with Gasteiger partial charge in [0.15, 0.2) is 0 Å². The topological polar surface area (TPSA) is 63.4 Å². The summed E-state index contributed by atoms with van der Waals surface area (Å²) in [6, 6.07) is 0. The van der Waals surface area contributed by atoms with E-state index >= 15 is 0 Å². The number of hydrogen-bond acceptors (Lipinski definition) is 3. The van der Waals surface area contributed by atoms with Crippen molar-refractivity contribution < 1.29 is 9.59 Å². The van der Waals surface area contributed by atoms with Gasteiger partial charge in [0.05, 0.1) is 6.54 Å². The van der Waals surface area contributed by atoms with Gasteiger partial charge in [-0.05, 0) is 19.8 Å². The third kappa shape index (κ3) is 1.34. The normalized spacial score (nSPS) is 29.0. The highest BCUT2D eigenvalue weighted by molar-refractivity contribution is 5.83. The summed E-state index contributed by atoms with van der Waals surface area (Å²) < 4.78 is 0. The van der Waals surface area contributed by atoms with Crippen LogP contribution in [0.15, 0.2) is 0 Å². The van der Waals surface area contributed by atoms with E-state index in [1.807, 2.05) is 6.29 Å². The molecule has 1 saturated heterocycles. The van der Waals surface area contributed by atoms with Gasteiger partial charge in [-0.3, -0.25) is 9.59 Å². The Hall–Kier alpha value is -0.900. The van der Waals surface area contributed by atoms with E-state index in [1.54, 1.807) is 6.92 Å². The smallest absolute Gasteiger partial charge is 0.237 e. The van der Waals surface area contributed by atoms with E-state index in [2.05, 4.69) is 0 Å². The average molecular weight is 169 g/mol. The van der Waals surface area contributed by atoms with Crippen molar-refractivity contribution in [2.75, 3.05) is 13.1 Å². The molecular weight excluding hydrogens is 156 g/mol. The molecule has 0 unspecified atom stereocenters. The molecule has 1 aliphatic heterocycles. The maximum Gasteiger partial charge on any atom is 0.237 e. The first kappa shape index (κ1) is 9.19. The van der Waals surface area contributed by atoms with Gasteiger partial charge >= 0.3 is 0 Å². The second-order valence-electron chi connectivity index (χ2n) is 3.23. The SMILES string of the molecule is C[C@@]1([C]=O)CCCN1C(=O)CN. The lowest BCUT2D eigenvalue weighted by Gasteiger charge is -2.28. The lowest BCUT2D eigenvalue weighted by Crippen LogP contribution is -2.48. The van der Waals surface area contributed by atoms with Gasteiger partial charge in [0, 0.05) is 6.54 Å². The summed E-state index contributed by atoms with van der Waals surface area (Å²) in [4.78, 5) is 23.3. The van der Waals surface area contributed by atoms with Crippen LogP contribution in [-0.4, -0.2) is 35.7 Å². The van der Waals surface area contributed by atoms with E-state index in [0.29, 0.717) is 13.0 Å². The predicted octanol–water partition coefficient (Wildman–Crippen LogP) is -0.564. The lowest BCUT2D eigenvalue weighted by atomic mass is 10.0. The molecule has 4 heteroatoms. The van der Waals surface area contributed by atoms with Gasteiger partial charge < -0.3 is 10.6 Å². The van der Waals surface area contributed by atoms with Crippen LogP contribution in [0.3, 0.4) is 0 Å². The molecule has 0 saturated carbocycles. The Morgan fingerprint density at radius 3 is 2.92 bits per heavy atom. The number of likely N-dealkylation sites (tertiary alicyclic amines) is 1. The van der Waals surface area contributed by atoms with E-state index in [0.717, 1.165) is 6.42 Å². The van der Waals surface area contributed by atoms with Crippen LogP contribution < -0.4 is 5.73 Å². The first-order chi connectivity index (χ1) is 5.64. The molecule has 0 aliphatic carbocycles. The Bertz CT molecular complexity index is 205. The number of nitrogens with zero attached hydrogens (tertiary/aromatic N) is 1. The summed E-state index contributed by atoms with van der Waals surface area (Å²) >= 11 is 0. The van der Waals surface area contributed by atoms with Gasteiger partial charge in [-0.2, -0.15) is 0 Å². The van der Waals surface area contributed by atoms with Crippen molar-refractivity contribution in [1.29, 1.82) is 0 Å². The van der Waals surface area contributed by atoms with Crippen molar-refractivity contribution in [2.24, 2.45) is 5.73 Å². The molecule has 1 amide bonds. The van der Waals surface area contributed by atoms with Crippen LogP contribution in [0.2, 0.25) is 0 Å². The van der Waals surface area contributed by atoms with Gasteiger partial charge in [0.1, 0.15) is 5.54 Å². The van der Waals surface area contributed by atoms with E-state index in [-0.39, 0.29) is 12.5 Å². The average Bonchev–Trinajstić information content (AvgIpc) is 2.47. The molecule has 4 nitrogen and oxygen atoms in total. The second-order valence-corrected chi connectivity index (χ2v) is 3.23. The molecule has 1 rings (SSSR count). The lowest BCUT2D eigenvalue weighted by molar-refractivity contribution is -0.131. The minimum absolute atomic E-state index is 0.0305. The van der Waals surface area contributed by atoms with Gasteiger partial charge in [0.2, 0.25) is 12.2 Å². The molecule has 0 bridgehead atoms. The predicted molar refractivity (Wildman–Crippen MR) is 44.1 cm³/mol. The summed E-state index contributed by atoms with van der Waals surface area (Å²) in [6.07, 6.45) is 3.46. The third-order valence-electron chi connectivity index (χ3n) is 2.34. The molecule has 67 valence electrons. The van der Waals surface area contributed by atoms with Crippen molar-refractivity contribution in [3.05, 3.63) is 0 Å². The van der Waals surface area contributed by atoms with Gasteiger partial charge in [-0.1, -0.05) is 0 Å². The van der Waals surface area contributed by atoms with Crippen LogP contribution in [0, 0.1) is 0 Å². The summed E-state index contributed by atoms with van der Waals surface area (Å²) in [6.45, 7) is 2.32. The first-order valence-corrected chi connectivity index (χ1v) is 4.04. The Morgan fingerprint density at radius 2 is 2.42 bits per heavy atom. The van der Waals surface area contributed by atoms with Crippen LogP contribution in [0.25, 0.3) is 0 Å². The van der Waals surface area contributed by atoms with E-state index in [4.69, 9.17) is 5.73 Å². The molecule has 1 heterocycles. The van der Waals surface area contributed by atoms with Crippen LogP contribution >= 0.6 is 0 Å². The summed E-state index contributed by atoms with van der Waals surface area (Å²) in [5.74, 6) is -0.168. The van der Waals surface area contributed by atoms with Crippen LogP contribution in [0.5, 0.6) is 0 Å². The Labute approximate surface area is 71.7 Å².